The van der Waals surface area contributed by atoms with Crippen molar-refractivity contribution >= 4 is 11.9 Å². The maximum Gasteiger partial charge on any atom is 0.155 e. The summed E-state index contributed by atoms with van der Waals surface area (Å²) in [7, 11) is 0. The van der Waals surface area contributed by atoms with Gasteiger partial charge in [0.2, 0.25) is 0 Å². The zero-order valence-corrected chi connectivity index (χ0v) is 11.7. The van der Waals surface area contributed by atoms with Crippen LogP contribution in [-0.4, -0.2) is 5.78 Å². The van der Waals surface area contributed by atoms with Crippen LogP contribution < -0.4 is 0 Å². The molecule has 0 saturated carbocycles. The van der Waals surface area contributed by atoms with Crippen LogP contribution >= 0.6 is 0 Å². The predicted octanol–water partition coefficient (Wildman–Crippen LogP) is 4.68. The molecule has 0 amide bonds. The summed E-state index contributed by atoms with van der Waals surface area (Å²) in [5.74, 6) is 0.210. The van der Waals surface area contributed by atoms with Crippen molar-refractivity contribution in [3.8, 4) is 0 Å². The minimum absolute atomic E-state index is 0.210. The van der Waals surface area contributed by atoms with Crippen LogP contribution in [0.2, 0.25) is 0 Å². The molecule has 0 N–H and O–H groups in total. The fourth-order valence-electron chi connectivity index (χ4n) is 2.11. The normalized spacial score (nSPS) is 10.8. The quantitative estimate of drug-likeness (QED) is 0.524. The van der Waals surface area contributed by atoms with E-state index in [1.807, 2.05) is 42.5 Å². The summed E-state index contributed by atoms with van der Waals surface area (Å²) in [5.41, 5.74) is 2.42. The molecule has 2 aromatic carbocycles. The van der Waals surface area contributed by atoms with Crippen molar-refractivity contribution in [3.63, 3.8) is 0 Å². The van der Waals surface area contributed by atoms with Crippen molar-refractivity contribution in [3.05, 3.63) is 77.9 Å². The van der Waals surface area contributed by atoms with E-state index in [4.69, 9.17) is 0 Å². The Morgan fingerprint density at radius 1 is 0.850 bits per heavy atom. The highest BCUT2D eigenvalue weighted by molar-refractivity contribution is 5.93. The Labute approximate surface area is 121 Å². The lowest BCUT2D eigenvalue weighted by Gasteiger charge is -2.00. The van der Waals surface area contributed by atoms with Gasteiger partial charge in [-0.1, -0.05) is 66.7 Å². The molecule has 0 aliphatic heterocycles. The minimum Gasteiger partial charge on any atom is -0.295 e. The number of ketones is 1. The first-order valence-corrected chi connectivity index (χ1v) is 7.14. The van der Waals surface area contributed by atoms with E-state index in [1.54, 1.807) is 6.08 Å². The maximum atomic E-state index is 11.7. The summed E-state index contributed by atoms with van der Waals surface area (Å²) in [6, 6.07) is 20.3. The number of carbonyl (C=O) groups excluding carboxylic acids is 1. The molecule has 0 unspecified atom stereocenters. The fraction of sp³-hybridized carbons (Fsp3) is 0.211. The van der Waals surface area contributed by atoms with Gasteiger partial charge in [0.15, 0.2) is 5.78 Å². The van der Waals surface area contributed by atoms with Gasteiger partial charge in [-0.15, -0.1) is 0 Å². The molecule has 0 radical (unpaired) electrons. The van der Waals surface area contributed by atoms with Gasteiger partial charge in [-0.3, -0.25) is 4.79 Å². The van der Waals surface area contributed by atoms with Gasteiger partial charge in [0.25, 0.3) is 0 Å². The zero-order chi connectivity index (χ0) is 14.0. The Kier molecular flexibility index (Phi) is 5.78. The third-order valence-electron chi connectivity index (χ3n) is 3.24. The number of rotatable bonds is 7. The first kappa shape index (κ1) is 14.3. The molecule has 102 valence electrons. The number of allylic oxidation sites excluding steroid dienone is 1. The number of unbranched alkanes of at least 4 members (excludes halogenated alkanes) is 1. The molecule has 0 aliphatic rings. The highest BCUT2D eigenvalue weighted by atomic mass is 16.1. The van der Waals surface area contributed by atoms with Crippen molar-refractivity contribution in [1.82, 2.24) is 0 Å². The van der Waals surface area contributed by atoms with Gasteiger partial charge in [0.1, 0.15) is 0 Å². The van der Waals surface area contributed by atoms with Crippen molar-refractivity contribution in [2.75, 3.05) is 0 Å². The summed E-state index contributed by atoms with van der Waals surface area (Å²) < 4.78 is 0. The molecule has 1 heteroatoms. The Bertz CT molecular complexity index is 540. The van der Waals surface area contributed by atoms with E-state index in [0.717, 1.165) is 24.8 Å². The van der Waals surface area contributed by atoms with Gasteiger partial charge in [-0.25, -0.2) is 0 Å². The third-order valence-corrected chi connectivity index (χ3v) is 3.24. The van der Waals surface area contributed by atoms with Crippen LogP contribution in [0.3, 0.4) is 0 Å². The lowest BCUT2D eigenvalue weighted by Crippen LogP contribution is -1.93. The second-order valence-corrected chi connectivity index (χ2v) is 4.90. The molecule has 0 aromatic heterocycles. The Hall–Kier alpha value is -2.15. The largest absolute Gasteiger partial charge is 0.295 e. The molecule has 0 fully saturated rings. The fourth-order valence-corrected chi connectivity index (χ4v) is 2.11. The van der Waals surface area contributed by atoms with E-state index in [-0.39, 0.29) is 5.78 Å². The van der Waals surface area contributed by atoms with Crippen LogP contribution in [0, 0.1) is 0 Å². The summed E-state index contributed by atoms with van der Waals surface area (Å²) in [4.78, 5) is 11.7. The summed E-state index contributed by atoms with van der Waals surface area (Å²) in [6.45, 7) is 0. The Morgan fingerprint density at radius 3 is 2.20 bits per heavy atom. The Balaban J connectivity index is 1.67. The molecule has 0 heterocycles. The van der Waals surface area contributed by atoms with E-state index >= 15 is 0 Å². The molecule has 2 aromatic rings. The molecule has 0 bridgehead atoms. The molecule has 1 nitrogen and oxygen atoms in total. The van der Waals surface area contributed by atoms with Crippen molar-refractivity contribution in [1.29, 1.82) is 0 Å². The van der Waals surface area contributed by atoms with E-state index in [1.165, 1.54) is 5.56 Å². The van der Waals surface area contributed by atoms with Crippen LogP contribution in [0.15, 0.2) is 66.7 Å². The molecule has 0 saturated heterocycles. The lowest BCUT2D eigenvalue weighted by molar-refractivity contribution is -0.114. The number of carbonyl (C=O) groups is 1. The van der Waals surface area contributed by atoms with Crippen LogP contribution in [0.25, 0.3) is 6.08 Å². The van der Waals surface area contributed by atoms with Gasteiger partial charge >= 0.3 is 0 Å². The van der Waals surface area contributed by atoms with Crippen LogP contribution in [-0.2, 0) is 11.2 Å². The number of hydrogen-bond acceptors (Lipinski definition) is 1. The number of benzene rings is 2. The SMILES string of the molecule is O=C(/C=C/c1ccccc1)CCCCc1ccccc1. The van der Waals surface area contributed by atoms with Gasteiger partial charge in [-0.2, -0.15) is 0 Å². The molecular weight excluding hydrogens is 244 g/mol. The van der Waals surface area contributed by atoms with Crippen molar-refractivity contribution < 1.29 is 4.79 Å². The van der Waals surface area contributed by atoms with E-state index in [0.29, 0.717) is 6.42 Å². The number of aryl methyl sites for hydroxylation is 1. The summed E-state index contributed by atoms with van der Waals surface area (Å²) in [6.07, 6.45) is 7.28. The highest BCUT2D eigenvalue weighted by Gasteiger charge is 1.98. The molecule has 0 aliphatic carbocycles. The summed E-state index contributed by atoms with van der Waals surface area (Å²) in [5, 5.41) is 0. The average Bonchev–Trinajstić information content (AvgIpc) is 2.52. The van der Waals surface area contributed by atoms with Crippen molar-refractivity contribution in [2.24, 2.45) is 0 Å². The molecular formula is C19H20O. The molecule has 20 heavy (non-hydrogen) atoms. The second kappa shape index (κ2) is 8.11. The van der Waals surface area contributed by atoms with E-state index in [9.17, 15) is 4.79 Å². The van der Waals surface area contributed by atoms with E-state index in [2.05, 4.69) is 24.3 Å². The molecule has 0 atom stereocenters. The van der Waals surface area contributed by atoms with Crippen LogP contribution in [0.5, 0.6) is 0 Å². The minimum atomic E-state index is 0.210. The van der Waals surface area contributed by atoms with E-state index < -0.39 is 0 Å². The zero-order valence-electron chi connectivity index (χ0n) is 11.7. The van der Waals surface area contributed by atoms with Crippen LogP contribution in [0.4, 0.5) is 0 Å². The molecule has 2 rings (SSSR count). The lowest BCUT2D eigenvalue weighted by atomic mass is 10.1. The van der Waals surface area contributed by atoms with Gasteiger partial charge in [0.05, 0.1) is 0 Å². The average molecular weight is 264 g/mol. The Morgan fingerprint density at radius 2 is 1.50 bits per heavy atom. The first-order chi connectivity index (χ1) is 9.84. The first-order valence-electron chi connectivity index (χ1n) is 7.14. The highest BCUT2D eigenvalue weighted by Crippen LogP contribution is 2.07. The predicted molar refractivity (Wildman–Crippen MR) is 84.5 cm³/mol. The van der Waals surface area contributed by atoms with Crippen molar-refractivity contribution in [2.45, 2.75) is 25.7 Å². The molecule has 0 spiro atoms. The third kappa shape index (κ3) is 5.23. The monoisotopic (exact) mass is 264 g/mol. The van der Waals surface area contributed by atoms with Gasteiger partial charge < -0.3 is 0 Å². The summed E-state index contributed by atoms with van der Waals surface area (Å²) >= 11 is 0. The standard InChI is InChI=1S/C19H20O/c20-19(16-15-18-11-5-2-6-12-18)14-8-7-13-17-9-3-1-4-10-17/h1-6,9-12,15-16H,7-8,13-14H2/b16-15+. The maximum absolute atomic E-state index is 11.7. The second-order valence-electron chi connectivity index (χ2n) is 4.90. The number of hydrogen-bond donors (Lipinski definition) is 0. The van der Waals surface area contributed by atoms with Gasteiger partial charge in [0, 0.05) is 6.42 Å². The topological polar surface area (TPSA) is 17.1 Å². The smallest absolute Gasteiger partial charge is 0.155 e. The van der Waals surface area contributed by atoms with Crippen LogP contribution in [0.1, 0.15) is 30.4 Å². The van der Waals surface area contributed by atoms with Gasteiger partial charge in [-0.05, 0) is 36.5 Å².